The van der Waals surface area contributed by atoms with Crippen LogP contribution >= 0.6 is 0 Å². The molecule has 0 aromatic carbocycles. The number of hydrogen-bond acceptors (Lipinski definition) is 3. The number of likely N-dealkylation sites (N-methyl/N-ethyl adjacent to an activating group) is 1. The van der Waals surface area contributed by atoms with Crippen molar-refractivity contribution >= 4 is 0 Å². The zero-order chi connectivity index (χ0) is 10.8. The summed E-state index contributed by atoms with van der Waals surface area (Å²) in [6, 6.07) is 0.281. The summed E-state index contributed by atoms with van der Waals surface area (Å²) >= 11 is 0. The van der Waals surface area contributed by atoms with Crippen LogP contribution in [0.4, 0.5) is 0 Å². The molecule has 2 N–H and O–H groups in total. The number of hydrogen-bond donors (Lipinski definition) is 2. The van der Waals surface area contributed by atoms with Crippen LogP contribution in [0.1, 0.15) is 40.0 Å². The number of rotatable bonds is 2. The Bertz CT molecular complexity index is 177. The van der Waals surface area contributed by atoms with Gasteiger partial charge in [-0.2, -0.15) is 0 Å². The fraction of sp³-hybridized carbons (Fsp3) is 1.00. The van der Waals surface area contributed by atoms with Crippen LogP contribution in [-0.2, 0) is 0 Å². The number of nitrogens with zero attached hydrogens (tertiary/aromatic N) is 1. The van der Waals surface area contributed by atoms with E-state index in [1.54, 1.807) is 0 Å². The number of piperidine rings is 1. The molecule has 0 amide bonds. The molecular weight excluding hydrogens is 176 g/mol. The van der Waals surface area contributed by atoms with Gasteiger partial charge in [-0.3, -0.25) is 10.2 Å². The first kappa shape index (κ1) is 12.0. The summed E-state index contributed by atoms with van der Waals surface area (Å²) in [5, 5.41) is 13.3. The summed E-state index contributed by atoms with van der Waals surface area (Å²) in [6.45, 7) is 7.35. The van der Waals surface area contributed by atoms with Gasteiger partial charge in [-0.1, -0.05) is 6.42 Å². The van der Waals surface area contributed by atoms with Crippen LogP contribution in [0.5, 0.6) is 0 Å². The number of nitrogens with one attached hydrogen (secondary N) is 1. The van der Waals surface area contributed by atoms with Crippen molar-refractivity contribution in [3.05, 3.63) is 0 Å². The lowest BCUT2D eigenvalue weighted by Crippen LogP contribution is -2.55. The van der Waals surface area contributed by atoms with E-state index in [-0.39, 0.29) is 11.6 Å². The van der Waals surface area contributed by atoms with Crippen molar-refractivity contribution in [2.45, 2.75) is 57.8 Å². The van der Waals surface area contributed by atoms with Crippen LogP contribution in [0, 0.1) is 0 Å². The van der Waals surface area contributed by atoms with Gasteiger partial charge in [-0.25, -0.2) is 0 Å². The lowest BCUT2D eigenvalue weighted by Gasteiger charge is -2.38. The van der Waals surface area contributed by atoms with E-state index in [1.165, 1.54) is 12.8 Å². The van der Waals surface area contributed by atoms with E-state index in [1.807, 2.05) is 0 Å². The molecule has 0 radical (unpaired) electrons. The molecule has 1 unspecified atom stereocenters. The van der Waals surface area contributed by atoms with Crippen LogP contribution in [0.15, 0.2) is 0 Å². The van der Waals surface area contributed by atoms with E-state index in [9.17, 15) is 5.11 Å². The first-order valence-electron chi connectivity index (χ1n) is 5.56. The Morgan fingerprint density at radius 1 is 1.36 bits per heavy atom. The van der Waals surface area contributed by atoms with Gasteiger partial charge in [0, 0.05) is 11.6 Å². The van der Waals surface area contributed by atoms with Crippen molar-refractivity contribution in [3.8, 4) is 0 Å². The SMILES string of the molecule is CN1CCCC[C@H]1C(O)NC(C)(C)C. The molecule has 0 aromatic rings. The van der Waals surface area contributed by atoms with Crippen molar-refractivity contribution in [1.29, 1.82) is 0 Å². The molecule has 84 valence electrons. The Morgan fingerprint density at radius 3 is 2.50 bits per heavy atom. The van der Waals surface area contributed by atoms with Crippen molar-refractivity contribution in [1.82, 2.24) is 10.2 Å². The van der Waals surface area contributed by atoms with Crippen molar-refractivity contribution in [2.24, 2.45) is 0 Å². The highest BCUT2D eigenvalue weighted by Crippen LogP contribution is 2.18. The first-order valence-corrected chi connectivity index (χ1v) is 5.56. The lowest BCUT2D eigenvalue weighted by molar-refractivity contribution is 0.00412. The Balaban J connectivity index is 2.46. The smallest absolute Gasteiger partial charge is 0.120 e. The van der Waals surface area contributed by atoms with Gasteiger partial charge in [0.1, 0.15) is 6.23 Å². The molecule has 1 heterocycles. The van der Waals surface area contributed by atoms with Gasteiger partial charge in [-0.15, -0.1) is 0 Å². The molecule has 0 spiro atoms. The summed E-state index contributed by atoms with van der Waals surface area (Å²) < 4.78 is 0. The maximum Gasteiger partial charge on any atom is 0.120 e. The van der Waals surface area contributed by atoms with Crippen LogP contribution in [0.2, 0.25) is 0 Å². The van der Waals surface area contributed by atoms with E-state index in [4.69, 9.17) is 0 Å². The van der Waals surface area contributed by atoms with Gasteiger partial charge in [0.15, 0.2) is 0 Å². The highest BCUT2D eigenvalue weighted by atomic mass is 16.3. The van der Waals surface area contributed by atoms with Gasteiger partial charge in [0.2, 0.25) is 0 Å². The minimum Gasteiger partial charge on any atom is -0.377 e. The second-order valence-electron chi connectivity index (χ2n) is 5.38. The monoisotopic (exact) mass is 200 g/mol. The average Bonchev–Trinajstić information content (AvgIpc) is 2.01. The van der Waals surface area contributed by atoms with Crippen LogP contribution in [0.3, 0.4) is 0 Å². The van der Waals surface area contributed by atoms with E-state index >= 15 is 0 Å². The maximum atomic E-state index is 10.0. The Hall–Kier alpha value is -0.120. The van der Waals surface area contributed by atoms with Crippen molar-refractivity contribution in [3.63, 3.8) is 0 Å². The summed E-state index contributed by atoms with van der Waals surface area (Å²) in [7, 11) is 2.09. The molecule has 0 bridgehead atoms. The highest BCUT2D eigenvalue weighted by Gasteiger charge is 2.28. The number of likely N-dealkylation sites (tertiary alicyclic amines) is 1. The molecule has 0 aliphatic carbocycles. The molecule has 1 saturated heterocycles. The minimum atomic E-state index is -0.403. The van der Waals surface area contributed by atoms with Crippen LogP contribution in [0.25, 0.3) is 0 Å². The van der Waals surface area contributed by atoms with E-state index in [0.29, 0.717) is 0 Å². The normalized spacial score (nSPS) is 27.6. The topological polar surface area (TPSA) is 35.5 Å². The summed E-state index contributed by atoms with van der Waals surface area (Å²) in [4.78, 5) is 2.26. The zero-order valence-electron chi connectivity index (χ0n) is 9.88. The molecule has 1 aliphatic rings. The fourth-order valence-corrected chi connectivity index (χ4v) is 2.04. The highest BCUT2D eigenvalue weighted by molar-refractivity contribution is 4.83. The molecule has 1 aliphatic heterocycles. The standard InChI is InChI=1S/C11H24N2O/c1-11(2,3)12-10(14)9-7-5-6-8-13(9)4/h9-10,12,14H,5-8H2,1-4H3/t9-,10?/m0/s1. The summed E-state index contributed by atoms with van der Waals surface area (Å²) in [5.41, 5.74) is -0.0162. The molecule has 0 aromatic heterocycles. The third-order valence-corrected chi connectivity index (χ3v) is 2.77. The van der Waals surface area contributed by atoms with E-state index in [2.05, 4.69) is 38.0 Å². The lowest BCUT2D eigenvalue weighted by atomic mass is 9.99. The van der Waals surface area contributed by atoms with Crippen LogP contribution < -0.4 is 5.32 Å². The largest absolute Gasteiger partial charge is 0.377 e. The van der Waals surface area contributed by atoms with Gasteiger partial charge in [0.25, 0.3) is 0 Å². The maximum absolute atomic E-state index is 10.0. The van der Waals surface area contributed by atoms with Crippen molar-refractivity contribution in [2.75, 3.05) is 13.6 Å². The van der Waals surface area contributed by atoms with Gasteiger partial charge in [0.05, 0.1) is 0 Å². The third-order valence-electron chi connectivity index (χ3n) is 2.77. The van der Waals surface area contributed by atoms with E-state index in [0.717, 1.165) is 13.0 Å². The average molecular weight is 200 g/mol. The molecule has 3 nitrogen and oxygen atoms in total. The predicted octanol–water partition coefficient (Wildman–Crippen LogP) is 1.18. The number of aliphatic hydroxyl groups is 1. The third kappa shape index (κ3) is 3.56. The Morgan fingerprint density at radius 2 is 2.00 bits per heavy atom. The van der Waals surface area contributed by atoms with Gasteiger partial charge >= 0.3 is 0 Å². The fourth-order valence-electron chi connectivity index (χ4n) is 2.04. The Kier molecular flexibility index (Phi) is 3.93. The quantitative estimate of drug-likeness (QED) is 0.657. The summed E-state index contributed by atoms with van der Waals surface area (Å²) in [5.74, 6) is 0. The van der Waals surface area contributed by atoms with Crippen molar-refractivity contribution < 1.29 is 5.11 Å². The predicted molar refractivity (Wildman–Crippen MR) is 59.2 cm³/mol. The van der Waals surface area contributed by atoms with E-state index < -0.39 is 6.23 Å². The molecule has 14 heavy (non-hydrogen) atoms. The summed E-state index contributed by atoms with van der Waals surface area (Å²) in [6.07, 6.45) is 3.19. The van der Waals surface area contributed by atoms with Gasteiger partial charge < -0.3 is 5.11 Å². The molecule has 1 rings (SSSR count). The molecule has 1 fully saturated rings. The molecular formula is C11H24N2O. The minimum absolute atomic E-state index is 0.0162. The van der Waals surface area contributed by atoms with Gasteiger partial charge in [-0.05, 0) is 47.2 Å². The number of aliphatic hydroxyl groups excluding tert-OH is 1. The zero-order valence-corrected chi connectivity index (χ0v) is 9.88. The Labute approximate surface area is 87.5 Å². The molecule has 3 heteroatoms. The van der Waals surface area contributed by atoms with Crippen LogP contribution in [-0.4, -0.2) is 41.4 Å². The second-order valence-corrected chi connectivity index (χ2v) is 5.38. The molecule has 2 atom stereocenters. The molecule has 0 saturated carbocycles. The second kappa shape index (κ2) is 4.60. The first-order chi connectivity index (χ1) is 6.40.